The van der Waals surface area contributed by atoms with Crippen molar-refractivity contribution in [1.29, 1.82) is 0 Å². The first-order chi connectivity index (χ1) is 7.14. The van der Waals surface area contributed by atoms with Crippen LogP contribution in [-0.2, 0) is 9.53 Å². The molecule has 0 aromatic rings. The first-order valence-corrected chi connectivity index (χ1v) is 6.32. The van der Waals surface area contributed by atoms with Crippen molar-refractivity contribution in [2.45, 2.75) is 64.9 Å². The van der Waals surface area contributed by atoms with Gasteiger partial charge in [0.1, 0.15) is 5.60 Å². The molecule has 1 rings (SSSR count). The SMILES string of the molecule is CCCC(=O)C1(OCC)CCC(C)CC1. The minimum atomic E-state index is -0.419. The first kappa shape index (κ1) is 12.7. The van der Waals surface area contributed by atoms with E-state index in [1.807, 2.05) is 6.92 Å². The van der Waals surface area contributed by atoms with Gasteiger partial charge in [-0.1, -0.05) is 13.8 Å². The fourth-order valence-electron chi connectivity index (χ4n) is 2.46. The third kappa shape index (κ3) is 3.04. The molecule has 2 nitrogen and oxygen atoms in total. The lowest BCUT2D eigenvalue weighted by molar-refractivity contribution is -0.150. The zero-order valence-electron chi connectivity index (χ0n) is 10.3. The first-order valence-electron chi connectivity index (χ1n) is 6.32. The van der Waals surface area contributed by atoms with Gasteiger partial charge in [0.25, 0.3) is 0 Å². The molecule has 0 unspecified atom stereocenters. The minimum Gasteiger partial charge on any atom is -0.368 e. The number of hydrogen-bond acceptors (Lipinski definition) is 2. The molecule has 0 N–H and O–H groups in total. The van der Waals surface area contributed by atoms with E-state index >= 15 is 0 Å². The van der Waals surface area contributed by atoms with Crippen molar-refractivity contribution in [3.8, 4) is 0 Å². The van der Waals surface area contributed by atoms with E-state index in [2.05, 4.69) is 13.8 Å². The fraction of sp³-hybridized carbons (Fsp3) is 0.923. The number of carbonyl (C=O) groups excluding carboxylic acids is 1. The second-order valence-corrected chi connectivity index (χ2v) is 4.78. The Hall–Kier alpha value is -0.370. The van der Waals surface area contributed by atoms with Gasteiger partial charge in [-0.25, -0.2) is 0 Å². The number of Topliss-reactive ketones (excluding diaryl/α,β-unsaturated/α-hetero) is 1. The maximum absolute atomic E-state index is 12.1. The van der Waals surface area contributed by atoms with Gasteiger partial charge >= 0.3 is 0 Å². The zero-order valence-corrected chi connectivity index (χ0v) is 10.3. The largest absolute Gasteiger partial charge is 0.368 e. The Morgan fingerprint density at radius 2 is 1.93 bits per heavy atom. The highest BCUT2D eigenvalue weighted by atomic mass is 16.5. The molecule has 0 heterocycles. The highest BCUT2D eigenvalue weighted by molar-refractivity contribution is 5.87. The lowest BCUT2D eigenvalue weighted by Crippen LogP contribution is -2.44. The van der Waals surface area contributed by atoms with Crippen molar-refractivity contribution < 1.29 is 9.53 Å². The number of ether oxygens (including phenoxy) is 1. The van der Waals surface area contributed by atoms with E-state index < -0.39 is 5.60 Å². The molecule has 0 amide bonds. The van der Waals surface area contributed by atoms with Crippen LogP contribution in [0.5, 0.6) is 0 Å². The average molecular weight is 212 g/mol. The summed E-state index contributed by atoms with van der Waals surface area (Å²) < 4.78 is 5.78. The van der Waals surface area contributed by atoms with E-state index in [0.29, 0.717) is 18.8 Å². The van der Waals surface area contributed by atoms with E-state index in [4.69, 9.17) is 4.74 Å². The second-order valence-electron chi connectivity index (χ2n) is 4.78. The van der Waals surface area contributed by atoms with Gasteiger partial charge < -0.3 is 4.74 Å². The van der Waals surface area contributed by atoms with Crippen LogP contribution in [0.1, 0.15) is 59.3 Å². The summed E-state index contributed by atoms with van der Waals surface area (Å²) >= 11 is 0. The Kier molecular flexibility index (Phi) is 4.78. The van der Waals surface area contributed by atoms with Crippen LogP contribution in [0, 0.1) is 5.92 Å². The maximum Gasteiger partial charge on any atom is 0.164 e. The van der Waals surface area contributed by atoms with Crippen LogP contribution in [0.15, 0.2) is 0 Å². The van der Waals surface area contributed by atoms with E-state index in [0.717, 1.165) is 38.0 Å². The highest BCUT2D eigenvalue weighted by Crippen LogP contribution is 2.36. The van der Waals surface area contributed by atoms with Crippen molar-refractivity contribution in [1.82, 2.24) is 0 Å². The molecule has 0 atom stereocenters. The standard InChI is InChI=1S/C13H24O2/c1-4-6-12(14)13(15-5-2)9-7-11(3)8-10-13/h11H,4-10H2,1-3H3. The van der Waals surface area contributed by atoms with Crippen LogP contribution in [0.25, 0.3) is 0 Å². The van der Waals surface area contributed by atoms with Crippen molar-refractivity contribution >= 4 is 5.78 Å². The molecular weight excluding hydrogens is 188 g/mol. The van der Waals surface area contributed by atoms with Gasteiger partial charge in [-0.3, -0.25) is 4.79 Å². The van der Waals surface area contributed by atoms with Crippen LogP contribution in [0.2, 0.25) is 0 Å². The summed E-state index contributed by atoms with van der Waals surface area (Å²) in [7, 11) is 0. The fourth-order valence-corrected chi connectivity index (χ4v) is 2.46. The van der Waals surface area contributed by atoms with E-state index in [1.165, 1.54) is 0 Å². The molecule has 0 radical (unpaired) electrons. The number of ketones is 1. The van der Waals surface area contributed by atoms with Crippen molar-refractivity contribution in [2.75, 3.05) is 6.61 Å². The van der Waals surface area contributed by atoms with Gasteiger partial charge in [0.05, 0.1) is 0 Å². The van der Waals surface area contributed by atoms with Gasteiger partial charge in [0.15, 0.2) is 5.78 Å². The van der Waals surface area contributed by atoms with E-state index in [1.54, 1.807) is 0 Å². The molecule has 88 valence electrons. The van der Waals surface area contributed by atoms with Gasteiger partial charge in [0.2, 0.25) is 0 Å². The molecule has 1 fully saturated rings. The van der Waals surface area contributed by atoms with Crippen molar-refractivity contribution in [3.05, 3.63) is 0 Å². The predicted octanol–water partition coefficient (Wildman–Crippen LogP) is 3.34. The third-order valence-electron chi connectivity index (χ3n) is 3.49. The molecule has 1 aliphatic carbocycles. The monoisotopic (exact) mass is 212 g/mol. The Morgan fingerprint density at radius 3 is 2.40 bits per heavy atom. The molecule has 1 aliphatic rings. The number of rotatable bonds is 5. The smallest absolute Gasteiger partial charge is 0.164 e. The van der Waals surface area contributed by atoms with Gasteiger partial charge in [-0.15, -0.1) is 0 Å². The summed E-state index contributed by atoms with van der Waals surface area (Å²) in [6, 6.07) is 0. The average Bonchev–Trinajstić information content (AvgIpc) is 2.22. The maximum atomic E-state index is 12.1. The topological polar surface area (TPSA) is 26.3 Å². The summed E-state index contributed by atoms with van der Waals surface area (Å²) in [4.78, 5) is 12.1. The molecule has 15 heavy (non-hydrogen) atoms. The van der Waals surface area contributed by atoms with E-state index in [-0.39, 0.29) is 0 Å². The lowest BCUT2D eigenvalue weighted by Gasteiger charge is -2.37. The lowest BCUT2D eigenvalue weighted by atomic mass is 9.76. The zero-order chi connectivity index (χ0) is 11.3. The summed E-state index contributed by atoms with van der Waals surface area (Å²) in [6.07, 6.45) is 5.74. The van der Waals surface area contributed by atoms with Gasteiger partial charge in [-0.05, 0) is 44.9 Å². The summed E-state index contributed by atoms with van der Waals surface area (Å²) in [5.74, 6) is 1.09. The Balaban J connectivity index is 2.65. The van der Waals surface area contributed by atoms with E-state index in [9.17, 15) is 4.79 Å². The second kappa shape index (κ2) is 5.64. The summed E-state index contributed by atoms with van der Waals surface area (Å²) in [5.41, 5.74) is -0.419. The molecule has 0 spiro atoms. The molecule has 0 aromatic carbocycles. The molecule has 0 aromatic heterocycles. The van der Waals surface area contributed by atoms with Crippen molar-refractivity contribution in [3.63, 3.8) is 0 Å². The van der Waals surface area contributed by atoms with Crippen LogP contribution >= 0.6 is 0 Å². The number of carbonyl (C=O) groups is 1. The highest BCUT2D eigenvalue weighted by Gasteiger charge is 2.40. The molecular formula is C13H24O2. The van der Waals surface area contributed by atoms with Crippen LogP contribution in [-0.4, -0.2) is 18.0 Å². The van der Waals surface area contributed by atoms with Gasteiger partial charge in [-0.2, -0.15) is 0 Å². The molecule has 1 saturated carbocycles. The molecule has 0 bridgehead atoms. The Morgan fingerprint density at radius 1 is 1.33 bits per heavy atom. The van der Waals surface area contributed by atoms with Crippen LogP contribution < -0.4 is 0 Å². The predicted molar refractivity (Wildman–Crippen MR) is 61.9 cm³/mol. The Bertz CT molecular complexity index is 203. The summed E-state index contributed by atoms with van der Waals surface area (Å²) in [6.45, 7) is 6.96. The van der Waals surface area contributed by atoms with Crippen LogP contribution in [0.3, 0.4) is 0 Å². The minimum absolute atomic E-state index is 0.332. The summed E-state index contributed by atoms with van der Waals surface area (Å²) in [5, 5.41) is 0. The van der Waals surface area contributed by atoms with Crippen LogP contribution in [0.4, 0.5) is 0 Å². The third-order valence-corrected chi connectivity index (χ3v) is 3.49. The molecule has 0 aliphatic heterocycles. The molecule has 2 heteroatoms. The molecule has 0 saturated heterocycles. The quantitative estimate of drug-likeness (QED) is 0.698. The Labute approximate surface area is 93.4 Å². The van der Waals surface area contributed by atoms with Gasteiger partial charge in [0, 0.05) is 13.0 Å². The normalized spacial score (nSPS) is 31.5. The number of hydrogen-bond donors (Lipinski definition) is 0. The van der Waals surface area contributed by atoms with Crippen molar-refractivity contribution in [2.24, 2.45) is 5.92 Å².